The van der Waals surface area contributed by atoms with Gasteiger partial charge < -0.3 is 9.47 Å². The summed E-state index contributed by atoms with van der Waals surface area (Å²) in [5.74, 6) is 0. The molecule has 2 rings (SSSR count). The van der Waals surface area contributed by atoms with Gasteiger partial charge in [-0.1, -0.05) is 36.4 Å². The number of ether oxygens (including phenoxy) is 2. The molecule has 2 heteroatoms. The highest BCUT2D eigenvalue weighted by atomic mass is 16.7. The van der Waals surface area contributed by atoms with Crippen LogP contribution in [0.2, 0.25) is 0 Å². The van der Waals surface area contributed by atoms with E-state index in [1.807, 2.05) is 24.3 Å². The Labute approximate surface area is 90.5 Å². The van der Waals surface area contributed by atoms with Crippen LogP contribution in [0.4, 0.5) is 0 Å². The van der Waals surface area contributed by atoms with Gasteiger partial charge in [0.1, 0.15) is 0 Å². The molecule has 2 nitrogen and oxygen atoms in total. The van der Waals surface area contributed by atoms with E-state index in [1.165, 1.54) is 5.56 Å². The molecule has 1 fully saturated rings. The average Bonchev–Trinajstić information content (AvgIpc) is 2.83. The standard InChI is InChI=1S/C13H16O2/c1-3-13(2,12-14-9-10-15-12)11-7-5-4-6-8-11/h3-8,12H,1,9-10H2,2H3/t13-/m0/s1. The smallest absolute Gasteiger partial charge is 0.170 e. The number of rotatable bonds is 3. The SMILES string of the molecule is C=C[C@@](C)(c1ccccc1)C1OCCO1. The zero-order valence-corrected chi connectivity index (χ0v) is 8.98. The van der Waals surface area contributed by atoms with Crippen LogP contribution in [0.5, 0.6) is 0 Å². The molecule has 0 spiro atoms. The van der Waals surface area contributed by atoms with E-state index in [2.05, 4.69) is 25.6 Å². The van der Waals surface area contributed by atoms with Crippen molar-refractivity contribution in [3.05, 3.63) is 48.6 Å². The lowest BCUT2D eigenvalue weighted by atomic mass is 9.82. The van der Waals surface area contributed by atoms with Crippen molar-refractivity contribution < 1.29 is 9.47 Å². The van der Waals surface area contributed by atoms with Gasteiger partial charge in [0.2, 0.25) is 0 Å². The van der Waals surface area contributed by atoms with Crippen molar-refractivity contribution >= 4 is 0 Å². The highest BCUT2D eigenvalue weighted by molar-refractivity contribution is 5.30. The Bertz CT molecular complexity index is 328. The van der Waals surface area contributed by atoms with Crippen molar-refractivity contribution in [2.75, 3.05) is 13.2 Å². The van der Waals surface area contributed by atoms with Crippen LogP contribution in [0.15, 0.2) is 43.0 Å². The third-order valence-corrected chi connectivity index (χ3v) is 2.93. The monoisotopic (exact) mass is 204 g/mol. The van der Waals surface area contributed by atoms with Crippen molar-refractivity contribution in [1.29, 1.82) is 0 Å². The summed E-state index contributed by atoms with van der Waals surface area (Å²) in [6, 6.07) is 10.2. The van der Waals surface area contributed by atoms with E-state index in [-0.39, 0.29) is 11.7 Å². The minimum Gasteiger partial charge on any atom is -0.349 e. The number of hydrogen-bond acceptors (Lipinski definition) is 2. The Morgan fingerprint density at radius 3 is 2.40 bits per heavy atom. The summed E-state index contributed by atoms with van der Waals surface area (Å²) >= 11 is 0. The third kappa shape index (κ3) is 1.83. The molecule has 0 bridgehead atoms. The number of benzene rings is 1. The van der Waals surface area contributed by atoms with E-state index >= 15 is 0 Å². The fourth-order valence-corrected chi connectivity index (χ4v) is 1.85. The summed E-state index contributed by atoms with van der Waals surface area (Å²) in [7, 11) is 0. The van der Waals surface area contributed by atoms with Crippen LogP contribution in [0, 0.1) is 0 Å². The van der Waals surface area contributed by atoms with Gasteiger partial charge in [0.25, 0.3) is 0 Å². The van der Waals surface area contributed by atoms with Crippen LogP contribution in [0.3, 0.4) is 0 Å². The summed E-state index contributed by atoms with van der Waals surface area (Å²) in [5.41, 5.74) is 0.907. The lowest BCUT2D eigenvalue weighted by Gasteiger charge is -2.31. The van der Waals surface area contributed by atoms with Gasteiger partial charge in [0, 0.05) is 0 Å². The maximum Gasteiger partial charge on any atom is 0.170 e. The van der Waals surface area contributed by atoms with E-state index in [0.717, 1.165) is 0 Å². The van der Waals surface area contributed by atoms with E-state index in [0.29, 0.717) is 13.2 Å². The van der Waals surface area contributed by atoms with Crippen molar-refractivity contribution in [3.63, 3.8) is 0 Å². The Kier molecular flexibility index (Phi) is 2.89. The Balaban J connectivity index is 2.32. The minimum absolute atomic E-state index is 0.211. The minimum atomic E-state index is -0.266. The van der Waals surface area contributed by atoms with E-state index in [4.69, 9.17) is 9.47 Å². The Morgan fingerprint density at radius 1 is 1.27 bits per heavy atom. The van der Waals surface area contributed by atoms with Crippen LogP contribution < -0.4 is 0 Å². The molecule has 0 radical (unpaired) electrons. The predicted octanol–water partition coefficient (Wildman–Crippen LogP) is 2.50. The van der Waals surface area contributed by atoms with Crippen LogP contribution in [0.25, 0.3) is 0 Å². The second-order valence-electron chi connectivity index (χ2n) is 3.93. The van der Waals surface area contributed by atoms with E-state index < -0.39 is 0 Å². The molecule has 0 N–H and O–H groups in total. The Morgan fingerprint density at radius 2 is 1.87 bits per heavy atom. The molecule has 1 saturated heterocycles. The molecule has 0 saturated carbocycles. The molecule has 0 aliphatic carbocycles. The zero-order valence-electron chi connectivity index (χ0n) is 8.98. The quantitative estimate of drug-likeness (QED) is 0.704. The second kappa shape index (κ2) is 4.17. The topological polar surface area (TPSA) is 18.5 Å². The average molecular weight is 204 g/mol. The van der Waals surface area contributed by atoms with Crippen LogP contribution in [0.1, 0.15) is 12.5 Å². The van der Waals surface area contributed by atoms with Crippen molar-refractivity contribution in [2.24, 2.45) is 0 Å². The van der Waals surface area contributed by atoms with Crippen molar-refractivity contribution in [2.45, 2.75) is 18.6 Å². The molecule has 1 aliphatic rings. The summed E-state index contributed by atoms with van der Waals surface area (Å²) in [6.07, 6.45) is 1.69. The van der Waals surface area contributed by atoms with E-state index in [9.17, 15) is 0 Å². The lowest BCUT2D eigenvalue weighted by Crippen LogP contribution is -2.35. The normalized spacial score (nSPS) is 21.1. The van der Waals surface area contributed by atoms with Gasteiger partial charge in [-0.15, -0.1) is 6.58 Å². The first-order valence-electron chi connectivity index (χ1n) is 5.20. The highest BCUT2D eigenvalue weighted by Crippen LogP contribution is 2.33. The first-order valence-corrected chi connectivity index (χ1v) is 5.20. The van der Waals surface area contributed by atoms with Gasteiger partial charge in [-0.05, 0) is 12.5 Å². The third-order valence-electron chi connectivity index (χ3n) is 2.93. The molecule has 0 unspecified atom stereocenters. The van der Waals surface area contributed by atoms with Gasteiger partial charge in [-0.2, -0.15) is 0 Å². The van der Waals surface area contributed by atoms with Gasteiger partial charge in [0.15, 0.2) is 6.29 Å². The lowest BCUT2D eigenvalue weighted by molar-refractivity contribution is -0.0795. The van der Waals surface area contributed by atoms with Crippen molar-refractivity contribution in [3.8, 4) is 0 Å². The zero-order chi connectivity index (χ0) is 10.7. The molecule has 80 valence electrons. The fraction of sp³-hybridized carbons (Fsp3) is 0.385. The summed E-state index contributed by atoms with van der Waals surface area (Å²) in [5, 5.41) is 0. The van der Waals surface area contributed by atoms with Crippen molar-refractivity contribution in [1.82, 2.24) is 0 Å². The van der Waals surface area contributed by atoms with Crippen LogP contribution in [-0.4, -0.2) is 19.5 Å². The van der Waals surface area contributed by atoms with Crippen LogP contribution >= 0.6 is 0 Å². The molecule has 1 atom stereocenters. The fourth-order valence-electron chi connectivity index (χ4n) is 1.85. The first-order chi connectivity index (χ1) is 7.27. The van der Waals surface area contributed by atoms with Gasteiger partial charge in [0.05, 0.1) is 18.6 Å². The molecule has 1 aromatic rings. The highest BCUT2D eigenvalue weighted by Gasteiger charge is 2.37. The molecule has 1 aromatic carbocycles. The summed E-state index contributed by atoms with van der Waals surface area (Å²) in [6.45, 7) is 7.32. The van der Waals surface area contributed by atoms with Gasteiger partial charge >= 0.3 is 0 Å². The molecule has 0 aromatic heterocycles. The molecular formula is C13H16O2. The maximum atomic E-state index is 5.57. The number of hydrogen-bond donors (Lipinski definition) is 0. The maximum absolute atomic E-state index is 5.57. The molecule has 0 amide bonds. The predicted molar refractivity (Wildman–Crippen MR) is 59.7 cm³/mol. The summed E-state index contributed by atoms with van der Waals surface area (Å²) < 4.78 is 11.1. The largest absolute Gasteiger partial charge is 0.349 e. The van der Waals surface area contributed by atoms with Crippen LogP contribution in [-0.2, 0) is 14.9 Å². The molecule has 1 heterocycles. The molecular weight excluding hydrogens is 188 g/mol. The second-order valence-corrected chi connectivity index (χ2v) is 3.93. The van der Waals surface area contributed by atoms with Gasteiger partial charge in [-0.25, -0.2) is 0 Å². The van der Waals surface area contributed by atoms with E-state index in [1.54, 1.807) is 0 Å². The molecule has 15 heavy (non-hydrogen) atoms. The summed E-state index contributed by atoms with van der Waals surface area (Å²) in [4.78, 5) is 0. The Hall–Kier alpha value is -1.12. The first kappa shape index (κ1) is 10.4. The van der Waals surface area contributed by atoms with Gasteiger partial charge in [-0.3, -0.25) is 0 Å². The molecule has 1 aliphatic heterocycles.